The highest BCUT2D eigenvalue weighted by atomic mass is 15.3. The lowest BCUT2D eigenvalue weighted by Crippen LogP contribution is -2.54. The van der Waals surface area contributed by atoms with E-state index in [1.807, 2.05) is 0 Å². The van der Waals surface area contributed by atoms with E-state index in [0.29, 0.717) is 12.1 Å². The molecule has 1 aliphatic carbocycles. The summed E-state index contributed by atoms with van der Waals surface area (Å²) in [7, 11) is 2.20. The lowest BCUT2D eigenvalue weighted by Gasteiger charge is -2.42. The highest BCUT2D eigenvalue weighted by Crippen LogP contribution is 2.34. The number of hydrogen-bond acceptors (Lipinski definition) is 4. The van der Waals surface area contributed by atoms with Crippen LogP contribution in [0, 0.1) is 11.3 Å². The topological polar surface area (TPSA) is 42.3 Å². The van der Waals surface area contributed by atoms with Gasteiger partial charge in [-0.15, -0.1) is 0 Å². The quantitative estimate of drug-likeness (QED) is 0.813. The van der Waals surface area contributed by atoms with Gasteiger partial charge in [-0.25, -0.2) is 0 Å². The van der Waals surface area contributed by atoms with Crippen LogP contribution in [0.3, 0.4) is 0 Å². The van der Waals surface area contributed by atoms with Gasteiger partial charge in [0, 0.05) is 31.7 Å². The second-order valence-corrected chi connectivity index (χ2v) is 5.97. The van der Waals surface area contributed by atoms with Crippen LogP contribution in [0.15, 0.2) is 0 Å². The largest absolute Gasteiger partial charge is 0.304 e. The van der Waals surface area contributed by atoms with E-state index < -0.39 is 0 Å². The molecule has 1 saturated heterocycles. The molecule has 4 heteroatoms. The zero-order chi connectivity index (χ0) is 13.2. The van der Waals surface area contributed by atoms with Gasteiger partial charge in [-0.3, -0.25) is 10.2 Å². The number of piperazine rings is 1. The van der Waals surface area contributed by atoms with E-state index in [-0.39, 0.29) is 5.54 Å². The number of hydrogen-bond donors (Lipinski definition) is 1. The van der Waals surface area contributed by atoms with Crippen molar-refractivity contribution in [3.63, 3.8) is 0 Å². The summed E-state index contributed by atoms with van der Waals surface area (Å²) < 4.78 is 0. The summed E-state index contributed by atoms with van der Waals surface area (Å²) in [6.07, 6.45) is 3.15. The third-order valence-corrected chi connectivity index (χ3v) is 4.57. The lowest BCUT2D eigenvalue weighted by molar-refractivity contribution is 0.0613. The van der Waals surface area contributed by atoms with Crippen molar-refractivity contribution >= 4 is 0 Å². The van der Waals surface area contributed by atoms with Crippen molar-refractivity contribution in [2.75, 3.05) is 33.2 Å². The van der Waals surface area contributed by atoms with Gasteiger partial charge in [0.2, 0.25) is 0 Å². The minimum Gasteiger partial charge on any atom is -0.304 e. The van der Waals surface area contributed by atoms with E-state index in [4.69, 9.17) is 0 Å². The molecule has 2 fully saturated rings. The Balaban J connectivity index is 1.98. The van der Waals surface area contributed by atoms with Crippen LogP contribution in [0.25, 0.3) is 0 Å². The number of nitriles is 1. The fourth-order valence-corrected chi connectivity index (χ4v) is 3.64. The molecule has 1 saturated carbocycles. The van der Waals surface area contributed by atoms with Gasteiger partial charge in [0.25, 0.3) is 0 Å². The molecule has 1 aliphatic heterocycles. The molecule has 0 aromatic carbocycles. The van der Waals surface area contributed by atoms with Gasteiger partial charge in [-0.1, -0.05) is 6.92 Å². The number of likely N-dealkylation sites (N-methyl/N-ethyl adjacent to an activating group) is 1. The summed E-state index contributed by atoms with van der Waals surface area (Å²) in [6.45, 7) is 8.74. The fourth-order valence-electron chi connectivity index (χ4n) is 3.64. The lowest BCUT2D eigenvalue weighted by atomic mass is 9.98. The van der Waals surface area contributed by atoms with Crippen LogP contribution in [-0.2, 0) is 0 Å². The van der Waals surface area contributed by atoms with Crippen LogP contribution in [0.5, 0.6) is 0 Å². The van der Waals surface area contributed by atoms with E-state index in [0.717, 1.165) is 45.4 Å². The van der Waals surface area contributed by atoms with Crippen LogP contribution in [-0.4, -0.2) is 60.6 Å². The molecule has 0 bridgehead atoms. The average molecular weight is 250 g/mol. The van der Waals surface area contributed by atoms with E-state index in [1.54, 1.807) is 0 Å². The van der Waals surface area contributed by atoms with Crippen molar-refractivity contribution in [1.82, 2.24) is 15.1 Å². The number of nitrogens with one attached hydrogen (secondary N) is 1. The Morgan fingerprint density at radius 2 is 2.22 bits per heavy atom. The van der Waals surface area contributed by atoms with Gasteiger partial charge in [0.15, 0.2) is 0 Å². The minimum atomic E-state index is -0.261. The second-order valence-electron chi connectivity index (χ2n) is 5.97. The third kappa shape index (κ3) is 2.69. The molecule has 1 heterocycles. The molecule has 2 aliphatic rings. The maximum absolute atomic E-state index is 9.43. The molecule has 0 aromatic heterocycles. The minimum absolute atomic E-state index is 0.261. The molecular formula is C14H26N4. The van der Waals surface area contributed by atoms with Crippen LogP contribution >= 0.6 is 0 Å². The van der Waals surface area contributed by atoms with Crippen molar-refractivity contribution in [2.45, 2.75) is 50.7 Å². The first-order valence-corrected chi connectivity index (χ1v) is 7.21. The average Bonchev–Trinajstić information content (AvgIpc) is 2.74. The predicted octanol–water partition coefficient (Wildman–Crippen LogP) is 1.05. The summed E-state index contributed by atoms with van der Waals surface area (Å²) >= 11 is 0. The molecule has 18 heavy (non-hydrogen) atoms. The van der Waals surface area contributed by atoms with E-state index in [2.05, 4.69) is 42.1 Å². The van der Waals surface area contributed by atoms with Crippen LogP contribution in [0.4, 0.5) is 0 Å². The van der Waals surface area contributed by atoms with Gasteiger partial charge >= 0.3 is 0 Å². The molecule has 102 valence electrons. The predicted molar refractivity (Wildman–Crippen MR) is 73.3 cm³/mol. The Labute approximate surface area is 111 Å². The molecule has 3 atom stereocenters. The van der Waals surface area contributed by atoms with Gasteiger partial charge in [-0.2, -0.15) is 5.26 Å². The Hall–Kier alpha value is -0.630. The molecule has 1 N–H and O–H groups in total. The molecule has 3 unspecified atom stereocenters. The van der Waals surface area contributed by atoms with Gasteiger partial charge in [0.1, 0.15) is 5.54 Å². The Kier molecular flexibility index (Phi) is 4.26. The van der Waals surface area contributed by atoms with Crippen molar-refractivity contribution < 1.29 is 0 Å². The summed E-state index contributed by atoms with van der Waals surface area (Å²) in [4.78, 5) is 5.02. The van der Waals surface area contributed by atoms with Crippen molar-refractivity contribution in [3.8, 4) is 6.07 Å². The van der Waals surface area contributed by atoms with Crippen LogP contribution < -0.4 is 5.32 Å². The summed E-state index contributed by atoms with van der Waals surface area (Å²) in [5.74, 6) is 0. The van der Waals surface area contributed by atoms with Crippen LogP contribution in [0.2, 0.25) is 0 Å². The number of rotatable bonds is 3. The van der Waals surface area contributed by atoms with E-state index in [1.165, 1.54) is 0 Å². The molecule has 4 nitrogen and oxygen atoms in total. The zero-order valence-corrected chi connectivity index (χ0v) is 11.9. The molecule has 0 spiro atoms. The summed E-state index contributed by atoms with van der Waals surface area (Å²) in [5.41, 5.74) is -0.261. The highest BCUT2D eigenvalue weighted by Gasteiger charge is 2.42. The second kappa shape index (κ2) is 5.56. The van der Waals surface area contributed by atoms with Crippen molar-refractivity contribution in [1.29, 1.82) is 5.26 Å². The van der Waals surface area contributed by atoms with Gasteiger partial charge in [0.05, 0.1) is 6.07 Å². The highest BCUT2D eigenvalue weighted by molar-refractivity contribution is 5.13. The maximum atomic E-state index is 9.43. The molecular weight excluding hydrogens is 224 g/mol. The smallest absolute Gasteiger partial charge is 0.108 e. The molecule has 0 aromatic rings. The fraction of sp³-hybridized carbons (Fsp3) is 0.929. The van der Waals surface area contributed by atoms with Crippen molar-refractivity contribution in [3.05, 3.63) is 0 Å². The van der Waals surface area contributed by atoms with E-state index >= 15 is 0 Å². The summed E-state index contributed by atoms with van der Waals surface area (Å²) in [5, 5.41) is 12.8. The first-order chi connectivity index (χ1) is 8.60. The molecule has 0 amide bonds. The van der Waals surface area contributed by atoms with Crippen molar-refractivity contribution in [2.24, 2.45) is 0 Å². The molecule has 0 radical (unpaired) electrons. The Bertz CT molecular complexity index is 324. The SMILES string of the molecule is CCNC1(C#N)CCC(N2CCN(C)CC2C)C1. The Morgan fingerprint density at radius 1 is 1.44 bits per heavy atom. The van der Waals surface area contributed by atoms with Crippen LogP contribution in [0.1, 0.15) is 33.1 Å². The van der Waals surface area contributed by atoms with Gasteiger partial charge in [-0.05, 0) is 39.8 Å². The van der Waals surface area contributed by atoms with E-state index in [9.17, 15) is 5.26 Å². The Morgan fingerprint density at radius 3 is 2.83 bits per heavy atom. The first-order valence-electron chi connectivity index (χ1n) is 7.21. The molecule has 2 rings (SSSR count). The number of nitrogens with zero attached hydrogens (tertiary/aromatic N) is 3. The maximum Gasteiger partial charge on any atom is 0.108 e. The first kappa shape index (κ1) is 13.8. The normalized spacial score (nSPS) is 38.8. The monoisotopic (exact) mass is 250 g/mol. The summed E-state index contributed by atoms with van der Waals surface area (Å²) in [6, 6.07) is 3.73. The zero-order valence-electron chi connectivity index (χ0n) is 11.9. The third-order valence-electron chi connectivity index (χ3n) is 4.57. The van der Waals surface area contributed by atoms with Gasteiger partial charge < -0.3 is 4.90 Å². The standard InChI is InChI=1S/C14H26N4/c1-4-16-14(11-15)6-5-13(9-14)18-8-7-17(3)10-12(18)2/h12-13,16H,4-10H2,1-3H3.